The average molecular weight is 285 g/mol. The van der Waals surface area contributed by atoms with E-state index < -0.39 is 0 Å². The van der Waals surface area contributed by atoms with Crippen LogP contribution in [0.3, 0.4) is 0 Å². The van der Waals surface area contributed by atoms with E-state index in [-0.39, 0.29) is 11.2 Å². The second-order valence-corrected chi connectivity index (χ2v) is 6.25. The summed E-state index contributed by atoms with van der Waals surface area (Å²) in [5, 5.41) is 3.18. The monoisotopic (exact) mass is 285 g/mol. The quantitative estimate of drug-likeness (QED) is 0.935. The van der Waals surface area contributed by atoms with Crippen molar-refractivity contribution in [2.45, 2.75) is 33.1 Å². The molecule has 2 aromatic rings. The molecule has 110 valence electrons. The van der Waals surface area contributed by atoms with Gasteiger partial charge in [0.1, 0.15) is 5.76 Å². The highest BCUT2D eigenvalue weighted by atomic mass is 16.3. The maximum Gasteiger partial charge on any atom is 0.222 e. The number of ketones is 1. The molecule has 1 N–H and O–H groups in total. The summed E-state index contributed by atoms with van der Waals surface area (Å²) in [7, 11) is 0. The highest BCUT2D eigenvalue weighted by Crippen LogP contribution is 2.33. The van der Waals surface area contributed by atoms with Crippen LogP contribution in [0.25, 0.3) is 0 Å². The van der Waals surface area contributed by atoms with Gasteiger partial charge in [0.25, 0.3) is 0 Å². The Morgan fingerprint density at radius 3 is 3.00 bits per heavy atom. The molecule has 1 aliphatic rings. The van der Waals surface area contributed by atoms with Gasteiger partial charge in [0.15, 0.2) is 5.78 Å². The lowest BCUT2D eigenvalue weighted by Crippen LogP contribution is -2.28. The lowest BCUT2D eigenvalue weighted by Gasteiger charge is -2.29. The molecule has 21 heavy (non-hydrogen) atoms. The van der Waals surface area contributed by atoms with E-state index in [9.17, 15) is 4.79 Å². The van der Waals surface area contributed by atoms with Gasteiger partial charge >= 0.3 is 0 Å². The van der Waals surface area contributed by atoms with Crippen LogP contribution in [0.4, 0.5) is 5.95 Å². The lowest BCUT2D eigenvalue weighted by atomic mass is 9.76. The van der Waals surface area contributed by atoms with Gasteiger partial charge in [-0.1, -0.05) is 13.8 Å². The predicted molar refractivity (Wildman–Crippen MR) is 79.4 cm³/mol. The zero-order valence-corrected chi connectivity index (χ0v) is 12.3. The summed E-state index contributed by atoms with van der Waals surface area (Å²) in [6.45, 7) is 4.89. The molecular formula is C16H19N3O2. The summed E-state index contributed by atoms with van der Waals surface area (Å²) < 4.78 is 5.28. The Bertz CT molecular complexity index is 648. The standard InChI is InChI=1S/C16H19N3O2/c1-16(2)8-13-12(14(20)9-16)10-18-15(19-13)17-6-5-11-4-3-7-21-11/h3-4,7,10H,5-6,8-9H2,1-2H3,(H,17,18,19). The molecule has 2 aromatic heterocycles. The molecule has 0 aromatic carbocycles. The summed E-state index contributed by atoms with van der Waals surface area (Å²) in [5.41, 5.74) is 1.50. The van der Waals surface area contributed by atoms with Crippen molar-refractivity contribution < 1.29 is 9.21 Å². The van der Waals surface area contributed by atoms with Gasteiger partial charge in [-0.05, 0) is 24.0 Å². The molecule has 0 bridgehead atoms. The molecule has 0 spiro atoms. The Kier molecular flexibility index (Phi) is 3.49. The van der Waals surface area contributed by atoms with E-state index in [2.05, 4.69) is 29.1 Å². The van der Waals surface area contributed by atoms with Gasteiger partial charge in [-0.15, -0.1) is 0 Å². The minimum absolute atomic E-state index is 0.0239. The van der Waals surface area contributed by atoms with E-state index in [1.54, 1.807) is 12.5 Å². The van der Waals surface area contributed by atoms with E-state index in [4.69, 9.17) is 4.42 Å². The molecule has 0 atom stereocenters. The number of nitrogens with one attached hydrogen (secondary N) is 1. The first-order chi connectivity index (χ1) is 10.0. The summed E-state index contributed by atoms with van der Waals surface area (Å²) in [6.07, 6.45) is 5.46. The van der Waals surface area contributed by atoms with Crippen molar-refractivity contribution in [1.29, 1.82) is 0 Å². The van der Waals surface area contributed by atoms with Gasteiger partial charge in [0, 0.05) is 25.6 Å². The molecule has 0 amide bonds. The van der Waals surface area contributed by atoms with E-state index >= 15 is 0 Å². The number of rotatable bonds is 4. The third kappa shape index (κ3) is 3.12. The van der Waals surface area contributed by atoms with Crippen LogP contribution in [0.1, 0.15) is 42.1 Å². The Morgan fingerprint density at radius 1 is 1.38 bits per heavy atom. The average Bonchev–Trinajstić information content (AvgIpc) is 2.90. The summed E-state index contributed by atoms with van der Waals surface area (Å²) in [5.74, 6) is 1.64. The van der Waals surface area contributed by atoms with Crippen molar-refractivity contribution in [1.82, 2.24) is 9.97 Å². The molecule has 0 fully saturated rings. The Balaban J connectivity index is 1.69. The number of nitrogens with zero attached hydrogens (tertiary/aromatic N) is 2. The Morgan fingerprint density at radius 2 is 2.24 bits per heavy atom. The van der Waals surface area contributed by atoms with Gasteiger partial charge in [0.05, 0.1) is 17.5 Å². The Labute approximate surface area is 123 Å². The molecule has 0 saturated carbocycles. The first-order valence-corrected chi connectivity index (χ1v) is 7.19. The number of carbonyl (C=O) groups excluding carboxylic acids is 1. The second kappa shape index (κ2) is 5.31. The Hall–Kier alpha value is -2.17. The molecule has 0 saturated heterocycles. The molecule has 2 heterocycles. The van der Waals surface area contributed by atoms with Crippen molar-refractivity contribution in [3.05, 3.63) is 41.6 Å². The number of carbonyl (C=O) groups is 1. The third-order valence-corrected chi connectivity index (χ3v) is 3.69. The van der Waals surface area contributed by atoms with Crippen molar-refractivity contribution in [3.63, 3.8) is 0 Å². The number of hydrogen-bond acceptors (Lipinski definition) is 5. The highest BCUT2D eigenvalue weighted by Gasteiger charge is 2.32. The summed E-state index contributed by atoms with van der Waals surface area (Å²) >= 11 is 0. The van der Waals surface area contributed by atoms with Crippen molar-refractivity contribution in [2.24, 2.45) is 5.41 Å². The van der Waals surface area contributed by atoms with Crippen molar-refractivity contribution in [3.8, 4) is 0 Å². The maximum absolute atomic E-state index is 12.1. The number of hydrogen-bond donors (Lipinski definition) is 1. The minimum Gasteiger partial charge on any atom is -0.469 e. The SMILES string of the molecule is CC1(C)CC(=O)c2cnc(NCCc3ccco3)nc2C1. The minimum atomic E-state index is -0.0239. The summed E-state index contributed by atoms with van der Waals surface area (Å²) in [6, 6.07) is 3.81. The van der Waals surface area contributed by atoms with E-state index in [0.29, 0.717) is 24.5 Å². The van der Waals surface area contributed by atoms with Crippen LogP contribution in [0.2, 0.25) is 0 Å². The third-order valence-electron chi connectivity index (χ3n) is 3.69. The zero-order valence-electron chi connectivity index (χ0n) is 12.3. The summed E-state index contributed by atoms with van der Waals surface area (Å²) in [4.78, 5) is 20.8. The van der Waals surface area contributed by atoms with Crippen LogP contribution in [-0.2, 0) is 12.8 Å². The molecular weight excluding hydrogens is 266 g/mol. The molecule has 3 rings (SSSR count). The smallest absolute Gasteiger partial charge is 0.222 e. The second-order valence-electron chi connectivity index (χ2n) is 6.25. The fourth-order valence-electron chi connectivity index (χ4n) is 2.67. The molecule has 1 aliphatic carbocycles. The van der Waals surface area contributed by atoms with Gasteiger partial charge in [0.2, 0.25) is 5.95 Å². The predicted octanol–water partition coefficient (Wildman–Crippen LogP) is 2.88. The highest BCUT2D eigenvalue weighted by molar-refractivity contribution is 5.98. The maximum atomic E-state index is 12.1. The van der Waals surface area contributed by atoms with Crippen LogP contribution >= 0.6 is 0 Å². The number of furan rings is 1. The first-order valence-electron chi connectivity index (χ1n) is 7.19. The molecule has 0 radical (unpaired) electrons. The van der Waals surface area contributed by atoms with Gasteiger partial charge < -0.3 is 9.73 Å². The normalized spacial score (nSPS) is 16.6. The fourth-order valence-corrected chi connectivity index (χ4v) is 2.67. The fraction of sp³-hybridized carbons (Fsp3) is 0.438. The topological polar surface area (TPSA) is 68.0 Å². The van der Waals surface area contributed by atoms with Crippen LogP contribution in [0.5, 0.6) is 0 Å². The van der Waals surface area contributed by atoms with Crippen molar-refractivity contribution >= 4 is 11.7 Å². The zero-order chi connectivity index (χ0) is 14.9. The van der Waals surface area contributed by atoms with Crippen LogP contribution in [0.15, 0.2) is 29.0 Å². The number of Topliss-reactive ketones (excluding diaryl/α,β-unsaturated/α-hetero) is 1. The van der Waals surface area contributed by atoms with Gasteiger partial charge in [-0.2, -0.15) is 0 Å². The van der Waals surface area contributed by atoms with E-state index in [1.807, 2.05) is 12.1 Å². The van der Waals surface area contributed by atoms with Crippen LogP contribution in [-0.4, -0.2) is 22.3 Å². The number of anilines is 1. The lowest BCUT2D eigenvalue weighted by molar-refractivity contribution is 0.0910. The first kappa shape index (κ1) is 13.8. The van der Waals surface area contributed by atoms with Crippen LogP contribution < -0.4 is 5.32 Å². The number of fused-ring (bicyclic) bond motifs is 1. The van der Waals surface area contributed by atoms with Crippen LogP contribution in [0, 0.1) is 5.41 Å². The molecule has 0 unspecified atom stereocenters. The van der Waals surface area contributed by atoms with Gasteiger partial charge in [-0.3, -0.25) is 4.79 Å². The molecule has 5 nitrogen and oxygen atoms in total. The molecule has 0 aliphatic heterocycles. The van der Waals surface area contributed by atoms with E-state index in [1.165, 1.54) is 0 Å². The molecule has 5 heteroatoms. The van der Waals surface area contributed by atoms with E-state index in [0.717, 1.165) is 24.3 Å². The number of aromatic nitrogens is 2. The largest absolute Gasteiger partial charge is 0.469 e. The van der Waals surface area contributed by atoms with Gasteiger partial charge in [-0.25, -0.2) is 9.97 Å². The van der Waals surface area contributed by atoms with Crippen molar-refractivity contribution in [2.75, 3.05) is 11.9 Å².